The predicted octanol–water partition coefficient (Wildman–Crippen LogP) is -2.99. The van der Waals surface area contributed by atoms with E-state index in [-0.39, 0.29) is 0 Å². The average Bonchev–Trinajstić information content (AvgIpc) is 2.38. The summed E-state index contributed by atoms with van der Waals surface area (Å²) in [5, 5.41) is 35.2. The Hall–Kier alpha value is -1.06. The third kappa shape index (κ3) is 1.38. The molecule has 1 aliphatic heterocycles. The Kier molecular flexibility index (Phi) is 2.83. The second kappa shape index (κ2) is 3.59. The standard InChI is InChI=1S/C6H8O8/c7-1-2(8)6(11)4(14-12)3(9)5(10)13-6/h2,4,7-8,11-12H,1H2/t2-,4?,6+/m0/s1. The third-order valence-corrected chi connectivity index (χ3v) is 1.83. The molecule has 0 aromatic rings. The summed E-state index contributed by atoms with van der Waals surface area (Å²) < 4.78 is 4.09. The summed E-state index contributed by atoms with van der Waals surface area (Å²) in [7, 11) is 0. The summed E-state index contributed by atoms with van der Waals surface area (Å²) in [4.78, 5) is 25.0. The van der Waals surface area contributed by atoms with Crippen molar-refractivity contribution in [1.29, 1.82) is 0 Å². The molecule has 0 bridgehead atoms. The number of aliphatic hydroxyl groups is 3. The Labute approximate surface area is 77.2 Å². The van der Waals surface area contributed by atoms with Gasteiger partial charge in [-0.25, -0.2) is 9.68 Å². The minimum atomic E-state index is -2.75. The molecule has 14 heavy (non-hydrogen) atoms. The number of hydrogen-bond acceptors (Lipinski definition) is 8. The van der Waals surface area contributed by atoms with E-state index in [4.69, 9.17) is 15.5 Å². The van der Waals surface area contributed by atoms with E-state index < -0.39 is 36.4 Å². The van der Waals surface area contributed by atoms with Gasteiger partial charge in [0.15, 0.2) is 0 Å². The SMILES string of the molecule is O=C1O[C@](O)([C@@H](O)CO)C(OO)C1=O. The maximum Gasteiger partial charge on any atom is 0.380 e. The first kappa shape index (κ1) is 11.0. The number of esters is 1. The molecule has 0 aromatic carbocycles. The van der Waals surface area contributed by atoms with Crippen LogP contribution in [0.15, 0.2) is 0 Å². The molecule has 4 N–H and O–H groups in total. The molecule has 0 spiro atoms. The molecule has 0 amide bonds. The molecule has 3 atom stereocenters. The Morgan fingerprint density at radius 3 is 2.57 bits per heavy atom. The molecule has 1 unspecified atom stereocenters. The van der Waals surface area contributed by atoms with Gasteiger partial charge in [0.25, 0.3) is 11.6 Å². The number of hydrogen-bond donors (Lipinski definition) is 4. The smallest absolute Gasteiger partial charge is 0.380 e. The molecule has 0 aromatic heterocycles. The first-order valence-electron chi connectivity index (χ1n) is 3.56. The topological polar surface area (TPSA) is 134 Å². The van der Waals surface area contributed by atoms with E-state index in [1.807, 2.05) is 0 Å². The number of carbonyl (C=O) groups is 2. The van der Waals surface area contributed by atoms with Crippen molar-refractivity contribution in [2.75, 3.05) is 6.61 Å². The van der Waals surface area contributed by atoms with E-state index in [9.17, 15) is 14.7 Å². The van der Waals surface area contributed by atoms with E-state index in [0.717, 1.165) is 0 Å². The van der Waals surface area contributed by atoms with Crippen LogP contribution in [0.2, 0.25) is 0 Å². The van der Waals surface area contributed by atoms with E-state index in [0.29, 0.717) is 0 Å². The molecule has 1 fully saturated rings. The van der Waals surface area contributed by atoms with Crippen molar-refractivity contribution in [1.82, 2.24) is 0 Å². The fourth-order valence-electron chi connectivity index (χ4n) is 1.04. The van der Waals surface area contributed by atoms with Gasteiger partial charge in [0.05, 0.1) is 6.61 Å². The Bertz CT molecular complexity index is 263. The number of ketones is 1. The quantitative estimate of drug-likeness (QED) is 0.167. The summed E-state index contributed by atoms with van der Waals surface area (Å²) in [5.41, 5.74) is 0. The van der Waals surface area contributed by atoms with Gasteiger partial charge in [0.1, 0.15) is 6.10 Å². The molecule has 1 heterocycles. The highest BCUT2D eigenvalue weighted by molar-refractivity contribution is 6.37. The van der Waals surface area contributed by atoms with Gasteiger partial charge < -0.3 is 20.1 Å². The van der Waals surface area contributed by atoms with Crippen molar-refractivity contribution in [2.24, 2.45) is 0 Å². The number of cyclic esters (lactones) is 1. The van der Waals surface area contributed by atoms with E-state index >= 15 is 0 Å². The number of rotatable bonds is 3. The monoisotopic (exact) mass is 208 g/mol. The van der Waals surface area contributed by atoms with Gasteiger partial charge in [0.2, 0.25) is 6.10 Å². The van der Waals surface area contributed by atoms with E-state index in [2.05, 4.69) is 9.62 Å². The van der Waals surface area contributed by atoms with Crippen LogP contribution < -0.4 is 0 Å². The van der Waals surface area contributed by atoms with Crippen LogP contribution in [-0.2, 0) is 19.2 Å². The Balaban J connectivity index is 2.98. The predicted molar refractivity (Wildman–Crippen MR) is 36.6 cm³/mol. The first-order valence-corrected chi connectivity index (χ1v) is 3.56. The lowest BCUT2D eigenvalue weighted by Gasteiger charge is -2.27. The molecule has 8 heteroatoms. The Morgan fingerprint density at radius 2 is 2.14 bits per heavy atom. The maximum absolute atomic E-state index is 10.9. The summed E-state index contributed by atoms with van der Waals surface area (Å²) >= 11 is 0. The fraction of sp³-hybridized carbons (Fsp3) is 0.667. The van der Waals surface area contributed by atoms with Crippen LogP contribution in [0.4, 0.5) is 0 Å². The molecule has 1 rings (SSSR count). The van der Waals surface area contributed by atoms with Crippen LogP contribution in [-0.4, -0.2) is 56.9 Å². The molecule has 0 aliphatic carbocycles. The minimum Gasteiger partial charge on any atom is -0.421 e. The second-order valence-corrected chi connectivity index (χ2v) is 2.69. The summed E-state index contributed by atoms with van der Waals surface area (Å²) in [6.45, 7) is -0.975. The molecule has 80 valence electrons. The lowest BCUT2D eigenvalue weighted by Crippen LogP contribution is -2.53. The van der Waals surface area contributed by atoms with Gasteiger partial charge in [-0.2, -0.15) is 0 Å². The van der Waals surface area contributed by atoms with Gasteiger partial charge in [-0.1, -0.05) is 0 Å². The van der Waals surface area contributed by atoms with Crippen molar-refractivity contribution in [3.8, 4) is 0 Å². The van der Waals surface area contributed by atoms with Crippen molar-refractivity contribution in [3.63, 3.8) is 0 Å². The van der Waals surface area contributed by atoms with Gasteiger partial charge in [-0.05, 0) is 0 Å². The largest absolute Gasteiger partial charge is 0.421 e. The average molecular weight is 208 g/mol. The highest BCUT2D eigenvalue weighted by Crippen LogP contribution is 2.27. The van der Waals surface area contributed by atoms with Crippen LogP contribution in [0.3, 0.4) is 0 Å². The van der Waals surface area contributed by atoms with Crippen molar-refractivity contribution in [2.45, 2.75) is 18.0 Å². The summed E-state index contributed by atoms with van der Waals surface area (Å²) in [6.07, 6.45) is -4.01. The van der Waals surface area contributed by atoms with Crippen LogP contribution in [0.1, 0.15) is 0 Å². The summed E-state index contributed by atoms with van der Waals surface area (Å²) in [5.74, 6) is -5.56. The van der Waals surface area contributed by atoms with Crippen molar-refractivity contribution >= 4 is 11.8 Å². The van der Waals surface area contributed by atoms with E-state index in [1.54, 1.807) is 0 Å². The molecule has 0 radical (unpaired) electrons. The molecule has 1 saturated heterocycles. The van der Waals surface area contributed by atoms with Gasteiger partial charge >= 0.3 is 5.97 Å². The normalized spacial score (nSPS) is 34.4. The van der Waals surface area contributed by atoms with Crippen LogP contribution in [0, 0.1) is 0 Å². The highest BCUT2D eigenvalue weighted by Gasteiger charge is 2.60. The fourth-order valence-corrected chi connectivity index (χ4v) is 1.04. The molecular formula is C6H8O8. The highest BCUT2D eigenvalue weighted by atomic mass is 17.1. The lowest BCUT2D eigenvalue weighted by molar-refractivity contribution is -0.349. The van der Waals surface area contributed by atoms with Crippen LogP contribution >= 0.6 is 0 Å². The van der Waals surface area contributed by atoms with Crippen LogP contribution in [0.5, 0.6) is 0 Å². The third-order valence-electron chi connectivity index (χ3n) is 1.83. The molecule has 0 saturated carbocycles. The first-order chi connectivity index (χ1) is 6.47. The number of aliphatic hydroxyl groups excluding tert-OH is 2. The number of ether oxygens (including phenoxy) is 1. The van der Waals surface area contributed by atoms with Gasteiger partial charge in [-0.3, -0.25) is 10.1 Å². The second-order valence-electron chi connectivity index (χ2n) is 2.69. The zero-order valence-corrected chi connectivity index (χ0v) is 6.78. The van der Waals surface area contributed by atoms with Gasteiger partial charge in [0, 0.05) is 0 Å². The maximum atomic E-state index is 10.9. The Morgan fingerprint density at radius 1 is 1.57 bits per heavy atom. The van der Waals surface area contributed by atoms with E-state index in [1.165, 1.54) is 0 Å². The van der Waals surface area contributed by atoms with Crippen LogP contribution in [0.25, 0.3) is 0 Å². The van der Waals surface area contributed by atoms with Crippen molar-refractivity contribution in [3.05, 3.63) is 0 Å². The lowest BCUT2D eigenvalue weighted by atomic mass is 10.0. The number of Topliss-reactive ketones (excluding diaryl/α,β-unsaturated/α-hetero) is 1. The molecule has 1 aliphatic rings. The molecular weight excluding hydrogens is 200 g/mol. The van der Waals surface area contributed by atoms with Gasteiger partial charge in [-0.15, -0.1) is 0 Å². The zero-order chi connectivity index (χ0) is 10.9. The zero-order valence-electron chi connectivity index (χ0n) is 6.78. The number of carbonyl (C=O) groups excluding carboxylic acids is 2. The summed E-state index contributed by atoms with van der Waals surface area (Å²) in [6, 6.07) is 0. The molecule has 8 nitrogen and oxygen atoms in total. The van der Waals surface area contributed by atoms with Crippen molar-refractivity contribution < 1.29 is 39.8 Å². The minimum absolute atomic E-state index is 0.975.